The molecule has 43 heavy (non-hydrogen) atoms. The highest BCUT2D eigenvalue weighted by Crippen LogP contribution is 2.43. The van der Waals surface area contributed by atoms with E-state index in [0.717, 1.165) is 17.4 Å². The fourth-order valence-corrected chi connectivity index (χ4v) is 5.92. The lowest BCUT2D eigenvalue weighted by Gasteiger charge is -2.29. The van der Waals surface area contributed by atoms with Gasteiger partial charge in [0, 0.05) is 31.9 Å². The predicted octanol–water partition coefficient (Wildman–Crippen LogP) is 3.89. The van der Waals surface area contributed by atoms with Crippen LogP contribution in [0.25, 0.3) is 0 Å². The number of ether oxygens (including phenoxy) is 1. The normalized spacial score (nSPS) is 16.8. The molecular weight excluding hydrogens is 585 g/mol. The maximum atomic E-state index is 14.1. The summed E-state index contributed by atoms with van der Waals surface area (Å²) in [7, 11) is 2.97. The fourth-order valence-electron chi connectivity index (χ4n) is 5.22. The number of anilines is 2. The predicted molar refractivity (Wildman–Crippen MR) is 157 cm³/mol. The number of sulfonamides is 1. The number of carbonyl (C=O) groups excluding carboxylic acids is 1. The number of methoxy groups -OCH3 is 1. The molecule has 1 heterocycles. The van der Waals surface area contributed by atoms with E-state index in [-0.39, 0.29) is 29.7 Å². The van der Waals surface area contributed by atoms with E-state index >= 15 is 0 Å². The standard InChI is InChI=1S/C29H35F3N6O4S/c1-37(2)13-12-33-27(39)19-10-11-25(42-4)24(15-19)36-28-34-17-22(29(30,31)32)23(35-28)16-20-14-18-8-6-7-9-21(18)26(20)38(3)43(5,40)41/h6-11,15,17,20,26H,12-14,16H2,1-5H3,(H,33,39)(H,34,35,36)/t20-,26-/m0/s1. The maximum absolute atomic E-state index is 14.1. The molecule has 0 aliphatic heterocycles. The number of hydrogen-bond donors (Lipinski definition) is 2. The van der Waals surface area contributed by atoms with Crippen molar-refractivity contribution in [2.45, 2.75) is 25.1 Å². The van der Waals surface area contributed by atoms with Gasteiger partial charge in [0.15, 0.2) is 0 Å². The Kier molecular flexibility index (Phi) is 9.62. The highest BCUT2D eigenvalue weighted by Gasteiger charge is 2.41. The Morgan fingerprint density at radius 3 is 2.51 bits per heavy atom. The van der Waals surface area contributed by atoms with Crippen LogP contribution in [-0.2, 0) is 29.0 Å². The summed E-state index contributed by atoms with van der Waals surface area (Å²) in [5.74, 6) is -0.640. The second-order valence-electron chi connectivity index (χ2n) is 10.7. The Morgan fingerprint density at radius 1 is 1.14 bits per heavy atom. The first-order chi connectivity index (χ1) is 20.2. The molecule has 0 spiro atoms. The molecule has 2 atom stereocenters. The van der Waals surface area contributed by atoms with Crippen LogP contribution in [0, 0.1) is 5.92 Å². The minimum absolute atomic E-state index is 0.130. The average molecular weight is 621 g/mol. The summed E-state index contributed by atoms with van der Waals surface area (Å²) in [5.41, 5.74) is 0.953. The molecule has 0 saturated carbocycles. The lowest BCUT2D eigenvalue weighted by atomic mass is 9.93. The molecule has 2 N–H and O–H groups in total. The van der Waals surface area contributed by atoms with Gasteiger partial charge in [0.25, 0.3) is 5.91 Å². The topological polar surface area (TPSA) is 117 Å². The molecule has 0 unspecified atom stereocenters. The third-order valence-corrected chi connectivity index (χ3v) is 8.67. The number of nitrogens with zero attached hydrogens (tertiary/aromatic N) is 4. The number of hydrogen-bond acceptors (Lipinski definition) is 8. The zero-order chi connectivity index (χ0) is 31.5. The van der Waals surface area contributed by atoms with E-state index in [1.807, 2.05) is 31.1 Å². The van der Waals surface area contributed by atoms with Crippen molar-refractivity contribution in [3.63, 3.8) is 0 Å². The van der Waals surface area contributed by atoms with Gasteiger partial charge in [-0.3, -0.25) is 4.79 Å². The van der Waals surface area contributed by atoms with E-state index in [1.54, 1.807) is 24.3 Å². The molecule has 0 saturated heterocycles. The summed E-state index contributed by atoms with van der Waals surface area (Å²) < 4.78 is 74.0. The minimum atomic E-state index is -4.74. The first kappa shape index (κ1) is 32.2. The van der Waals surface area contributed by atoms with Crippen LogP contribution in [0.3, 0.4) is 0 Å². The third kappa shape index (κ3) is 7.61. The average Bonchev–Trinajstić information content (AvgIpc) is 3.28. The summed E-state index contributed by atoms with van der Waals surface area (Å²) in [4.78, 5) is 22.8. The van der Waals surface area contributed by atoms with E-state index in [9.17, 15) is 26.4 Å². The molecule has 4 rings (SSSR count). The lowest BCUT2D eigenvalue weighted by Crippen LogP contribution is -2.34. The number of likely N-dealkylation sites (N-methyl/N-ethyl adjacent to an activating group) is 1. The third-order valence-electron chi connectivity index (χ3n) is 7.40. The Bertz CT molecular complexity index is 1580. The van der Waals surface area contributed by atoms with Crippen LogP contribution < -0.4 is 15.4 Å². The quantitative estimate of drug-likeness (QED) is 0.332. The van der Waals surface area contributed by atoms with Crippen LogP contribution in [0.15, 0.2) is 48.7 Å². The SMILES string of the molecule is COc1ccc(C(=O)NCCN(C)C)cc1Nc1ncc(C(F)(F)F)c(C[C@@H]2Cc3ccccc3[C@H]2N(C)S(C)(=O)=O)n1. The molecule has 0 fully saturated rings. The Morgan fingerprint density at radius 2 is 1.86 bits per heavy atom. The van der Waals surface area contributed by atoms with Gasteiger partial charge in [-0.05, 0) is 62.2 Å². The molecule has 1 aromatic heterocycles. The highest BCUT2D eigenvalue weighted by molar-refractivity contribution is 7.88. The Labute approximate surface area is 249 Å². The molecule has 3 aromatic rings. The van der Waals surface area contributed by atoms with Crippen LogP contribution >= 0.6 is 0 Å². The Hall–Kier alpha value is -3.75. The first-order valence-corrected chi connectivity index (χ1v) is 15.4. The molecule has 0 radical (unpaired) electrons. The molecule has 10 nitrogen and oxygen atoms in total. The first-order valence-electron chi connectivity index (χ1n) is 13.5. The van der Waals surface area contributed by atoms with Crippen LogP contribution in [0.5, 0.6) is 5.75 Å². The number of benzene rings is 2. The van der Waals surface area contributed by atoms with Crippen molar-refractivity contribution in [1.29, 1.82) is 0 Å². The molecule has 14 heteroatoms. The molecule has 232 valence electrons. The van der Waals surface area contributed by atoms with Crippen molar-refractivity contribution in [2.24, 2.45) is 5.92 Å². The lowest BCUT2D eigenvalue weighted by molar-refractivity contribution is -0.138. The van der Waals surface area contributed by atoms with Crippen molar-refractivity contribution in [3.8, 4) is 5.75 Å². The number of fused-ring (bicyclic) bond motifs is 1. The van der Waals surface area contributed by atoms with Gasteiger partial charge < -0.3 is 20.3 Å². The highest BCUT2D eigenvalue weighted by atomic mass is 32.2. The van der Waals surface area contributed by atoms with E-state index in [1.165, 1.54) is 24.5 Å². The van der Waals surface area contributed by atoms with Crippen molar-refractivity contribution in [3.05, 3.63) is 76.6 Å². The summed E-state index contributed by atoms with van der Waals surface area (Å²) in [6.45, 7) is 1.06. The molecule has 1 amide bonds. The van der Waals surface area contributed by atoms with Gasteiger partial charge in [0.05, 0.1) is 36.4 Å². The molecule has 1 aliphatic carbocycles. The summed E-state index contributed by atoms with van der Waals surface area (Å²) >= 11 is 0. The second kappa shape index (κ2) is 12.9. The number of nitrogens with one attached hydrogen (secondary N) is 2. The molecule has 1 aliphatic rings. The van der Waals surface area contributed by atoms with Crippen LogP contribution in [0.2, 0.25) is 0 Å². The van der Waals surface area contributed by atoms with E-state index < -0.39 is 33.7 Å². The van der Waals surface area contributed by atoms with Crippen molar-refractivity contribution >= 4 is 27.6 Å². The summed E-state index contributed by atoms with van der Waals surface area (Å²) in [5, 5.41) is 5.71. The number of carbonyl (C=O) groups is 1. The summed E-state index contributed by atoms with van der Waals surface area (Å²) in [6, 6.07) is 11.2. The van der Waals surface area contributed by atoms with Crippen molar-refractivity contribution in [1.82, 2.24) is 24.5 Å². The fraction of sp³-hybridized carbons (Fsp3) is 0.414. The number of halogens is 3. The van der Waals surface area contributed by atoms with Gasteiger partial charge in [-0.15, -0.1) is 0 Å². The molecular formula is C29H35F3N6O4S. The summed E-state index contributed by atoms with van der Waals surface area (Å²) in [6.07, 6.45) is -2.73. The minimum Gasteiger partial charge on any atom is -0.495 e. The van der Waals surface area contributed by atoms with Crippen LogP contribution in [-0.4, -0.2) is 81.1 Å². The zero-order valence-corrected chi connectivity index (χ0v) is 25.4. The zero-order valence-electron chi connectivity index (χ0n) is 24.6. The van der Waals surface area contributed by atoms with Crippen LogP contribution in [0.4, 0.5) is 24.8 Å². The van der Waals surface area contributed by atoms with Gasteiger partial charge in [0.2, 0.25) is 16.0 Å². The van der Waals surface area contributed by atoms with Gasteiger partial charge in [-0.2, -0.15) is 17.5 Å². The monoisotopic (exact) mass is 620 g/mol. The van der Waals surface area contributed by atoms with E-state index in [0.29, 0.717) is 37.0 Å². The van der Waals surface area contributed by atoms with Crippen molar-refractivity contribution in [2.75, 3.05) is 52.9 Å². The van der Waals surface area contributed by atoms with Gasteiger partial charge in [-0.1, -0.05) is 24.3 Å². The number of alkyl halides is 3. The second-order valence-corrected chi connectivity index (χ2v) is 12.8. The van der Waals surface area contributed by atoms with Crippen LogP contribution in [0.1, 0.15) is 38.8 Å². The number of rotatable bonds is 11. The maximum Gasteiger partial charge on any atom is 0.419 e. The van der Waals surface area contributed by atoms with Gasteiger partial charge in [-0.25, -0.2) is 18.4 Å². The van der Waals surface area contributed by atoms with Crippen molar-refractivity contribution < 1.29 is 31.1 Å². The smallest absolute Gasteiger partial charge is 0.419 e. The van der Waals surface area contributed by atoms with Gasteiger partial charge in [0.1, 0.15) is 5.75 Å². The number of amides is 1. The molecule has 0 bridgehead atoms. The van der Waals surface area contributed by atoms with E-state index in [4.69, 9.17) is 4.74 Å². The molecule has 2 aromatic carbocycles. The number of aromatic nitrogens is 2. The Balaban J connectivity index is 1.67. The van der Waals surface area contributed by atoms with E-state index in [2.05, 4.69) is 20.6 Å². The largest absolute Gasteiger partial charge is 0.495 e. The van der Waals surface area contributed by atoms with Gasteiger partial charge >= 0.3 is 6.18 Å².